The minimum absolute atomic E-state index is 0.228. The first-order chi connectivity index (χ1) is 6.26. The van der Waals surface area contributed by atoms with Gasteiger partial charge in [0.25, 0.3) is 0 Å². The summed E-state index contributed by atoms with van der Waals surface area (Å²) in [5.74, 6) is -0.228. The van der Waals surface area contributed by atoms with Gasteiger partial charge in [-0.2, -0.15) is 0 Å². The molecule has 14 heavy (non-hydrogen) atoms. The Morgan fingerprint density at radius 2 is 1.86 bits per heavy atom. The number of hydrogen-bond acceptors (Lipinski definition) is 3. The molecule has 0 atom stereocenters. The second-order valence-corrected chi connectivity index (χ2v) is 4.55. The van der Waals surface area contributed by atoms with Gasteiger partial charge in [-0.1, -0.05) is 6.08 Å². The Bertz CT molecular complexity index is 224. The van der Waals surface area contributed by atoms with Crippen LogP contribution in [-0.2, 0) is 9.53 Å². The molecular weight excluding hydrogens is 178 g/mol. The maximum absolute atomic E-state index is 11.6. The van der Waals surface area contributed by atoms with Crippen molar-refractivity contribution in [3.63, 3.8) is 0 Å². The highest BCUT2D eigenvalue weighted by Gasteiger charge is 2.19. The van der Waals surface area contributed by atoms with Crippen LogP contribution in [0.4, 0.5) is 0 Å². The van der Waals surface area contributed by atoms with Crippen molar-refractivity contribution in [3.8, 4) is 0 Å². The summed E-state index contributed by atoms with van der Waals surface area (Å²) in [4.78, 5) is 13.6. The van der Waals surface area contributed by atoms with E-state index in [0.717, 1.165) is 0 Å². The molecule has 82 valence electrons. The molecule has 0 radical (unpaired) electrons. The van der Waals surface area contributed by atoms with E-state index in [1.54, 1.807) is 6.08 Å². The summed E-state index contributed by atoms with van der Waals surface area (Å²) < 4.78 is 5.26. The molecule has 0 heterocycles. The van der Waals surface area contributed by atoms with Gasteiger partial charge in [0.1, 0.15) is 5.60 Å². The lowest BCUT2D eigenvalue weighted by molar-refractivity contribution is -0.150. The molecule has 0 saturated carbocycles. The molecule has 0 N–H and O–H groups in total. The topological polar surface area (TPSA) is 29.5 Å². The van der Waals surface area contributed by atoms with Crippen LogP contribution in [0.1, 0.15) is 27.7 Å². The van der Waals surface area contributed by atoms with Gasteiger partial charge in [-0.3, -0.25) is 0 Å². The van der Waals surface area contributed by atoms with Crippen molar-refractivity contribution in [1.82, 2.24) is 4.90 Å². The summed E-state index contributed by atoms with van der Waals surface area (Å²) in [7, 11) is 3.85. The Kier molecular flexibility index (Phi) is 4.85. The highest BCUT2D eigenvalue weighted by atomic mass is 16.6. The summed E-state index contributed by atoms with van der Waals surface area (Å²) in [6.07, 6.45) is 1.80. The Morgan fingerprint density at radius 3 is 2.14 bits per heavy atom. The predicted octanol–water partition coefficient (Wildman–Crippen LogP) is 1.84. The molecule has 0 aromatic rings. The maximum Gasteiger partial charge on any atom is 0.335 e. The minimum atomic E-state index is -0.419. The van der Waals surface area contributed by atoms with Gasteiger partial charge >= 0.3 is 5.97 Å². The van der Waals surface area contributed by atoms with E-state index in [9.17, 15) is 4.79 Å². The van der Waals surface area contributed by atoms with E-state index in [0.29, 0.717) is 12.1 Å². The molecule has 0 fully saturated rings. The molecule has 3 heteroatoms. The average Bonchev–Trinajstić information content (AvgIpc) is 1.96. The van der Waals surface area contributed by atoms with Crippen molar-refractivity contribution in [2.24, 2.45) is 0 Å². The van der Waals surface area contributed by atoms with Crippen molar-refractivity contribution < 1.29 is 9.53 Å². The van der Waals surface area contributed by atoms with Crippen LogP contribution < -0.4 is 0 Å². The number of rotatable bonds is 3. The smallest absolute Gasteiger partial charge is 0.335 e. The van der Waals surface area contributed by atoms with Crippen molar-refractivity contribution in [2.75, 3.05) is 20.6 Å². The molecule has 0 unspecified atom stereocenters. The summed E-state index contributed by atoms with van der Waals surface area (Å²) in [5.41, 5.74) is 0.280. The van der Waals surface area contributed by atoms with Crippen LogP contribution in [0.15, 0.2) is 11.6 Å². The van der Waals surface area contributed by atoms with Crippen LogP contribution in [-0.4, -0.2) is 37.1 Å². The Labute approximate surface area is 86.7 Å². The number of carbonyl (C=O) groups is 1. The number of likely N-dealkylation sites (N-methyl/N-ethyl adjacent to an activating group) is 1. The Hall–Kier alpha value is -0.830. The zero-order chi connectivity index (χ0) is 11.4. The first-order valence-electron chi connectivity index (χ1n) is 4.79. The normalized spacial score (nSPS) is 13.2. The monoisotopic (exact) mass is 199 g/mol. The molecule has 0 aliphatic carbocycles. The lowest BCUT2D eigenvalue weighted by Crippen LogP contribution is -2.28. The first-order valence-corrected chi connectivity index (χ1v) is 4.79. The molecule has 0 spiro atoms. The standard InChI is InChI=1S/C11H21NO2/c1-7-9(8-12(5)6)10(13)14-11(2,3)4/h7H,8H2,1-6H3/b9-7+. The van der Waals surface area contributed by atoms with Crippen LogP contribution in [0.3, 0.4) is 0 Å². The summed E-state index contributed by atoms with van der Waals surface area (Å²) in [6.45, 7) is 8.07. The lowest BCUT2D eigenvalue weighted by Gasteiger charge is -2.21. The molecule has 0 aliphatic heterocycles. The largest absolute Gasteiger partial charge is 0.457 e. The lowest BCUT2D eigenvalue weighted by atomic mass is 10.2. The number of allylic oxidation sites excluding steroid dienone is 1. The number of carbonyl (C=O) groups excluding carboxylic acids is 1. The van der Waals surface area contributed by atoms with Crippen LogP contribution in [0.2, 0.25) is 0 Å². The van der Waals surface area contributed by atoms with Crippen LogP contribution >= 0.6 is 0 Å². The molecule has 0 aliphatic rings. The maximum atomic E-state index is 11.6. The van der Waals surface area contributed by atoms with Gasteiger partial charge in [0, 0.05) is 12.1 Å². The summed E-state index contributed by atoms with van der Waals surface area (Å²) in [6, 6.07) is 0. The molecule has 0 aromatic carbocycles. The SMILES string of the molecule is C/C=C(\CN(C)C)C(=O)OC(C)(C)C. The fourth-order valence-corrected chi connectivity index (χ4v) is 0.958. The molecule has 3 nitrogen and oxygen atoms in total. The van der Waals surface area contributed by atoms with Gasteiger partial charge in [0.05, 0.1) is 0 Å². The van der Waals surface area contributed by atoms with Gasteiger partial charge in [-0.15, -0.1) is 0 Å². The fraction of sp³-hybridized carbons (Fsp3) is 0.727. The van der Waals surface area contributed by atoms with E-state index in [2.05, 4.69) is 0 Å². The Balaban J connectivity index is 4.35. The van der Waals surface area contributed by atoms with E-state index in [1.165, 1.54) is 0 Å². The third-order valence-electron chi connectivity index (χ3n) is 1.50. The zero-order valence-corrected chi connectivity index (χ0v) is 10.0. The number of ether oxygens (including phenoxy) is 1. The highest BCUT2D eigenvalue weighted by Crippen LogP contribution is 2.11. The van der Waals surface area contributed by atoms with Crippen LogP contribution in [0.5, 0.6) is 0 Å². The fourth-order valence-electron chi connectivity index (χ4n) is 0.958. The predicted molar refractivity (Wildman–Crippen MR) is 58.2 cm³/mol. The van der Waals surface area contributed by atoms with Crippen molar-refractivity contribution in [1.29, 1.82) is 0 Å². The minimum Gasteiger partial charge on any atom is -0.457 e. The van der Waals surface area contributed by atoms with Crippen LogP contribution in [0, 0.1) is 0 Å². The van der Waals surface area contributed by atoms with E-state index in [-0.39, 0.29) is 5.97 Å². The molecule has 0 aromatic heterocycles. The van der Waals surface area contributed by atoms with Crippen molar-refractivity contribution >= 4 is 5.97 Å². The molecule has 0 saturated heterocycles. The quantitative estimate of drug-likeness (QED) is 0.513. The van der Waals surface area contributed by atoms with Crippen molar-refractivity contribution in [2.45, 2.75) is 33.3 Å². The molecule has 0 amide bonds. The van der Waals surface area contributed by atoms with E-state index >= 15 is 0 Å². The third-order valence-corrected chi connectivity index (χ3v) is 1.50. The number of hydrogen-bond donors (Lipinski definition) is 0. The first kappa shape index (κ1) is 13.2. The molecule has 0 rings (SSSR count). The van der Waals surface area contributed by atoms with Gasteiger partial charge < -0.3 is 9.64 Å². The van der Waals surface area contributed by atoms with E-state index in [1.807, 2.05) is 46.7 Å². The molecular formula is C11H21NO2. The van der Waals surface area contributed by atoms with Crippen LogP contribution in [0.25, 0.3) is 0 Å². The second kappa shape index (κ2) is 5.15. The van der Waals surface area contributed by atoms with Gasteiger partial charge in [-0.05, 0) is 41.8 Å². The molecule has 0 bridgehead atoms. The van der Waals surface area contributed by atoms with Gasteiger partial charge in [0.15, 0.2) is 0 Å². The van der Waals surface area contributed by atoms with E-state index < -0.39 is 5.60 Å². The van der Waals surface area contributed by atoms with Crippen molar-refractivity contribution in [3.05, 3.63) is 11.6 Å². The third kappa shape index (κ3) is 5.75. The zero-order valence-electron chi connectivity index (χ0n) is 10.0. The number of nitrogens with zero attached hydrogens (tertiary/aromatic N) is 1. The van der Waals surface area contributed by atoms with Gasteiger partial charge in [0.2, 0.25) is 0 Å². The number of esters is 1. The van der Waals surface area contributed by atoms with Gasteiger partial charge in [-0.25, -0.2) is 4.79 Å². The second-order valence-electron chi connectivity index (χ2n) is 4.55. The highest BCUT2D eigenvalue weighted by molar-refractivity contribution is 5.89. The summed E-state index contributed by atoms with van der Waals surface area (Å²) >= 11 is 0. The van der Waals surface area contributed by atoms with E-state index in [4.69, 9.17) is 4.74 Å². The Morgan fingerprint density at radius 1 is 1.36 bits per heavy atom. The summed E-state index contributed by atoms with van der Waals surface area (Å²) in [5, 5.41) is 0. The average molecular weight is 199 g/mol.